The zero-order valence-electron chi connectivity index (χ0n) is 11.8. The van der Waals surface area contributed by atoms with Crippen LogP contribution in [0.3, 0.4) is 0 Å². The maximum atomic E-state index is 12.5. The van der Waals surface area contributed by atoms with Crippen molar-refractivity contribution in [3.63, 3.8) is 0 Å². The molecule has 1 unspecified atom stereocenters. The summed E-state index contributed by atoms with van der Waals surface area (Å²) in [5, 5.41) is 11.0. The van der Waals surface area contributed by atoms with E-state index in [4.69, 9.17) is 0 Å². The number of H-pyrrole nitrogens is 1. The van der Waals surface area contributed by atoms with E-state index < -0.39 is 0 Å². The molecule has 1 aliphatic rings. The monoisotopic (exact) mass is 355 g/mol. The zero-order chi connectivity index (χ0) is 15.1. The lowest BCUT2D eigenvalue weighted by Crippen LogP contribution is -2.23. The van der Waals surface area contributed by atoms with E-state index in [1.165, 1.54) is 11.1 Å². The largest absolute Gasteiger partial charge is 0.308 e. The predicted octanol–water partition coefficient (Wildman–Crippen LogP) is 3.68. The molecular weight excluding hydrogens is 342 g/mol. The van der Waals surface area contributed by atoms with Gasteiger partial charge in [0.05, 0.1) is 5.52 Å². The van der Waals surface area contributed by atoms with Gasteiger partial charge in [0.1, 0.15) is 0 Å². The number of amides is 1. The Bertz CT molecular complexity index is 871. The van der Waals surface area contributed by atoms with Gasteiger partial charge in [0.15, 0.2) is 5.82 Å². The molecule has 0 saturated heterocycles. The van der Waals surface area contributed by atoms with E-state index in [-0.39, 0.29) is 11.8 Å². The van der Waals surface area contributed by atoms with E-state index in [2.05, 4.69) is 43.6 Å². The van der Waals surface area contributed by atoms with E-state index in [0.29, 0.717) is 5.82 Å². The summed E-state index contributed by atoms with van der Waals surface area (Å²) in [4.78, 5) is 12.5. The van der Waals surface area contributed by atoms with Crippen LogP contribution >= 0.6 is 15.9 Å². The maximum Gasteiger partial charge on any atom is 0.229 e. The Labute approximate surface area is 136 Å². The third-order valence-electron chi connectivity index (χ3n) is 4.18. The fraction of sp³-hybridized carbons (Fsp3) is 0.176. The molecule has 1 heterocycles. The van der Waals surface area contributed by atoms with Crippen molar-refractivity contribution in [2.24, 2.45) is 5.92 Å². The molecule has 22 heavy (non-hydrogen) atoms. The quantitative estimate of drug-likeness (QED) is 0.736. The first-order chi connectivity index (χ1) is 10.7. The van der Waals surface area contributed by atoms with Crippen molar-refractivity contribution in [2.75, 3.05) is 5.32 Å². The standard InChI is InChI=1S/C17H14BrN3O/c18-13-6-5-10-7-12(8-11(10)9-13)17(22)19-16-14-3-1-2-4-15(14)20-21-16/h1-6,9,12H,7-8H2,(H2,19,20,21,22). The Morgan fingerprint density at radius 1 is 1.18 bits per heavy atom. The number of carbonyl (C=O) groups excluding carboxylic acids is 1. The van der Waals surface area contributed by atoms with Gasteiger partial charge in [0.2, 0.25) is 5.91 Å². The maximum absolute atomic E-state index is 12.5. The molecule has 1 aliphatic carbocycles. The minimum absolute atomic E-state index is 0.0280. The van der Waals surface area contributed by atoms with E-state index >= 15 is 0 Å². The molecule has 3 aromatic rings. The molecule has 4 nitrogen and oxygen atoms in total. The molecule has 0 saturated carbocycles. The van der Waals surface area contributed by atoms with E-state index in [0.717, 1.165) is 28.2 Å². The summed E-state index contributed by atoms with van der Waals surface area (Å²) in [5.74, 6) is 0.613. The van der Waals surface area contributed by atoms with Gasteiger partial charge in [-0.25, -0.2) is 0 Å². The molecule has 4 rings (SSSR count). The van der Waals surface area contributed by atoms with Crippen LogP contribution in [0.1, 0.15) is 11.1 Å². The Balaban J connectivity index is 1.54. The lowest BCUT2D eigenvalue weighted by molar-refractivity contribution is -0.119. The van der Waals surface area contributed by atoms with Gasteiger partial charge in [-0.2, -0.15) is 5.10 Å². The van der Waals surface area contributed by atoms with Crippen LogP contribution in [0.2, 0.25) is 0 Å². The molecule has 0 spiro atoms. The summed E-state index contributed by atoms with van der Waals surface area (Å²) < 4.78 is 1.06. The van der Waals surface area contributed by atoms with Crippen molar-refractivity contribution in [2.45, 2.75) is 12.8 Å². The molecule has 0 radical (unpaired) electrons. The number of para-hydroxylation sites is 1. The highest BCUT2D eigenvalue weighted by atomic mass is 79.9. The van der Waals surface area contributed by atoms with Gasteiger partial charge in [-0.05, 0) is 48.2 Å². The normalized spacial score (nSPS) is 16.7. The number of carbonyl (C=O) groups is 1. The van der Waals surface area contributed by atoms with Crippen LogP contribution in [0.25, 0.3) is 10.9 Å². The molecule has 1 amide bonds. The molecule has 1 atom stereocenters. The Morgan fingerprint density at radius 2 is 2.00 bits per heavy atom. The Morgan fingerprint density at radius 3 is 2.91 bits per heavy atom. The number of aromatic amines is 1. The number of halogens is 1. The van der Waals surface area contributed by atoms with Gasteiger partial charge in [-0.1, -0.05) is 34.1 Å². The molecule has 0 fully saturated rings. The van der Waals surface area contributed by atoms with Crippen LogP contribution in [0.5, 0.6) is 0 Å². The molecule has 1 aromatic heterocycles. The summed E-state index contributed by atoms with van der Waals surface area (Å²) in [6.45, 7) is 0. The van der Waals surface area contributed by atoms with E-state index in [1.54, 1.807) is 0 Å². The molecule has 5 heteroatoms. The average Bonchev–Trinajstić information content (AvgIpc) is 3.11. The van der Waals surface area contributed by atoms with Crippen LogP contribution in [0.4, 0.5) is 5.82 Å². The van der Waals surface area contributed by atoms with Gasteiger partial charge in [-0.3, -0.25) is 9.89 Å². The van der Waals surface area contributed by atoms with Crippen LogP contribution in [0, 0.1) is 5.92 Å². The number of nitrogens with zero attached hydrogens (tertiary/aromatic N) is 1. The predicted molar refractivity (Wildman–Crippen MR) is 89.8 cm³/mol. The van der Waals surface area contributed by atoms with Crippen molar-refractivity contribution in [1.82, 2.24) is 10.2 Å². The minimum atomic E-state index is -0.0280. The molecule has 2 N–H and O–H groups in total. The SMILES string of the molecule is O=C(Nc1n[nH]c2ccccc12)C1Cc2ccc(Br)cc2C1. The van der Waals surface area contributed by atoms with Crippen LogP contribution in [-0.4, -0.2) is 16.1 Å². The van der Waals surface area contributed by atoms with Gasteiger partial charge in [0.25, 0.3) is 0 Å². The molecular formula is C17H14BrN3O. The number of nitrogens with one attached hydrogen (secondary N) is 2. The molecule has 0 aliphatic heterocycles. The van der Waals surface area contributed by atoms with Crippen LogP contribution in [0.15, 0.2) is 46.9 Å². The molecule has 110 valence electrons. The topological polar surface area (TPSA) is 57.8 Å². The number of rotatable bonds is 2. The number of hydrogen-bond acceptors (Lipinski definition) is 2. The van der Waals surface area contributed by atoms with Crippen molar-refractivity contribution in [3.8, 4) is 0 Å². The van der Waals surface area contributed by atoms with Gasteiger partial charge in [-0.15, -0.1) is 0 Å². The second-order valence-electron chi connectivity index (χ2n) is 5.63. The number of hydrogen-bond donors (Lipinski definition) is 2. The van der Waals surface area contributed by atoms with Gasteiger partial charge in [0, 0.05) is 15.8 Å². The van der Waals surface area contributed by atoms with E-state index in [9.17, 15) is 4.79 Å². The van der Waals surface area contributed by atoms with Gasteiger partial charge < -0.3 is 5.32 Å². The zero-order valence-corrected chi connectivity index (χ0v) is 13.4. The fourth-order valence-corrected chi connectivity index (χ4v) is 3.46. The Hall–Kier alpha value is -2.14. The highest BCUT2D eigenvalue weighted by Gasteiger charge is 2.28. The molecule has 0 bridgehead atoms. The second kappa shape index (κ2) is 5.25. The van der Waals surface area contributed by atoms with Gasteiger partial charge >= 0.3 is 0 Å². The number of anilines is 1. The highest BCUT2D eigenvalue weighted by molar-refractivity contribution is 9.10. The van der Waals surface area contributed by atoms with E-state index in [1.807, 2.05) is 30.3 Å². The number of aromatic nitrogens is 2. The summed E-state index contributed by atoms with van der Waals surface area (Å²) >= 11 is 3.48. The smallest absolute Gasteiger partial charge is 0.229 e. The lowest BCUT2D eigenvalue weighted by atomic mass is 10.1. The first-order valence-electron chi connectivity index (χ1n) is 7.22. The van der Waals surface area contributed by atoms with Crippen molar-refractivity contribution >= 4 is 38.6 Å². The number of fused-ring (bicyclic) bond motifs is 2. The van der Waals surface area contributed by atoms with Crippen molar-refractivity contribution < 1.29 is 4.79 Å². The average molecular weight is 356 g/mol. The molecule has 2 aromatic carbocycles. The van der Waals surface area contributed by atoms with Crippen molar-refractivity contribution in [3.05, 3.63) is 58.1 Å². The fourth-order valence-electron chi connectivity index (χ4n) is 3.05. The number of benzene rings is 2. The van der Waals surface area contributed by atoms with Crippen molar-refractivity contribution in [1.29, 1.82) is 0 Å². The third-order valence-corrected chi connectivity index (χ3v) is 4.68. The lowest BCUT2D eigenvalue weighted by Gasteiger charge is -2.08. The van der Waals surface area contributed by atoms with Crippen LogP contribution in [-0.2, 0) is 17.6 Å². The summed E-state index contributed by atoms with van der Waals surface area (Å²) in [7, 11) is 0. The summed E-state index contributed by atoms with van der Waals surface area (Å²) in [6, 6.07) is 14.0. The third kappa shape index (κ3) is 2.31. The minimum Gasteiger partial charge on any atom is -0.308 e. The first-order valence-corrected chi connectivity index (χ1v) is 8.01. The summed E-state index contributed by atoms with van der Waals surface area (Å²) in [6.07, 6.45) is 1.57. The van der Waals surface area contributed by atoms with Crippen LogP contribution < -0.4 is 5.32 Å². The first kappa shape index (κ1) is 13.5. The highest BCUT2D eigenvalue weighted by Crippen LogP contribution is 2.30. The second-order valence-corrected chi connectivity index (χ2v) is 6.54. The summed E-state index contributed by atoms with van der Waals surface area (Å²) in [5.41, 5.74) is 3.44. The Kier molecular flexibility index (Phi) is 3.22.